The second-order valence-corrected chi connectivity index (χ2v) is 16.1. The zero-order valence-electron chi connectivity index (χ0n) is 24.2. The van der Waals surface area contributed by atoms with Gasteiger partial charge in [0.2, 0.25) is 0 Å². The molecule has 2 atom stereocenters. The predicted molar refractivity (Wildman–Crippen MR) is 177 cm³/mol. The number of benzene rings is 2. The molecule has 236 valence electrons. The van der Waals surface area contributed by atoms with Crippen molar-refractivity contribution in [3.05, 3.63) is 91.6 Å². The van der Waals surface area contributed by atoms with E-state index in [4.69, 9.17) is 23.2 Å². The summed E-state index contributed by atoms with van der Waals surface area (Å²) in [6.45, 7) is 4.82. The predicted octanol–water partition coefficient (Wildman–Crippen LogP) is 6.28. The molecule has 2 aromatic carbocycles. The van der Waals surface area contributed by atoms with Crippen LogP contribution in [0.4, 0.5) is 0 Å². The zero-order valence-corrected chi connectivity index (χ0v) is 28.2. The number of imidazole rings is 1. The Balaban J connectivity index is 1.54. The Bertz CT molecular complexity index is 1900. The van der Waals surface area contributed by atoms with E-state index in [0.717, 1.165) is 28.3 Å². The van der Waals surface area contributed by atoms with E-state index < -0.39 is 25.5 Å². The van der Waals surface area contributed by atoms with Gasteiger partial charge in [-0.2, -0.15) is 16.8 Å². The number of hydrogen-bond donors (Lipinski definition) is 2. The molecule has 44 heavy (non-hydrogen) atoms. The smallest absolute Gasteiger partial charge is 0.282 e. The summed E-state index contributed by atoms with van der Waals surface area (Å²) in [5.74, 6) is 0.470. The van der Waals surface area contributed by atoms with Gasteiger partial charge in [-0.3, -0.25) is 9.11 Å². The number of thioether (sulfide) groups is 1. The van der Waals surface area contributed by atoms with Crippen LogP contribution in [0.5, 0.6) is 0 Å². The van der Waals surface area contributed by atoms with E-state index in [1.54, 1.807) is 23.9 Å². The molecule has 1 aliphatic heterocycles. The van der Waals surface area contributed by atoms with Crippen LogP contribution in [0.2, 0.25) is 10.0 Å². The minimum absolute atomic E-state index is 0.0378. The standard InChI is InChI=1S/C30H33Cl2N3O6S3/c1-3-33-25-18-23(31)24(32)19-26(25)34(16-14-20(2)44(39,40)41)28(33)10-6-11-29-35(15-7-17-43(36,37)38)30-22-9-5-4-8-21(22)12-13-27(30)42-29/h4-6,8-11,13,18-20,30H,3,7,12,14-17H2,1-2H3,(H-,36,37,38,39,40,41)/p+1. The van der Waals surface area contributed by atoms with E-state index in [-0.39, 0.29) is 24.6 Å². The monoisotopic (exact) mass is 698 g/mol. The van der Waals surface area contributed by atoms with E-state index in [2.05, 4.69) is 27.7 Å². The second-order valence-electron chi connectivity index (χ2n) is 10.8. The Kier molecular flexibility index (Phi) is 9.91. The van der Waals surface area contributed by atoms with Gasteiger partial charge in [0.1, 0.15) is 0 Å². The van der Waals surface area contributed by atoms with Gasteiger partial charge in [-0.15, -0.1) is 0 Å². The maximum absolute atomic E-state index is 11.7. The lowest BCUT2D eigenvalue weighted by atomic mass is 9.92. The zero-order chi connectivity index (χ0) is 31.8. The van der Waals surface area contributed by atoms with Crippen LogP contribution >= 0.6 is 35.0 Å². The molecule has 9 nitrogen and oxygen atoms in total. The molecule has 0 saturated carbocycles. The highest BCUT2D eigenvalue weighted by Gasteiger charge is 2.37. The van der Waals surface area contributed by atoms with Gasteiger partial charge in [0, 0.05) is 36.1 Å². The van der Waals surface area contributed by atoms with E-state index in [1.165, 1.54) is 23.0 Å². The van der Waals surface area contributed by atoms with Gasteiger partial charge in [0.25, 0.3) is 26.1 Å². The summed E-state index contributed by atoms with van der Waals surface area (Å²) in [7, 11) is -8.29. The molecule has 1 saturated heterocycles. The lowest BCUT2D eigenvalue weighted by Gasteiger charge is -2.30. The van der Waals surface area contributed by atoms with Crippen LogP contribution in [0.25, 0.3) is 17.1 Å². The van der Waals surface area contributed by atoms with Crippen molar-refractivity contribution >= 4 is 72.3 Å². The molecule has 0 bridgehead atoms. The fraction of sp³-hybridized carbons (Fsp3) is 0.367. The second kappa shape index (κ2) is 13.2. The normalized spacial score (nSPS) is 18.7. The van der Waals surface area contributed by atoms with Crippen molar-refractivity contribution < 1.29 is 30.5 Å². The SMILES string of the molecule is CCn1c(C=CC=C2SC3=CCc4ccccc4C3N2CCCS(=O)(=O)O)[n+](CCC(C)S(=O)(=O)O)c2cc(Cl)c(Cl)cc21. The van der Waals surface area contributed by atoms with Crippen molar-refractivity contribution in [3.63, 3.8) is 0 Å². The average Bonchev–Trinajstić information content (AvgIpc) is 3.45. The van der Waals surface area contributed by atoms with Crippen LogP contribution < -0.4 is 4.57 Å². The fourth-order valence-corrected chi connectivity index (χ4v) is 8.20. The summed E-state index contributed by atoms with van der Waals surface area (Å²) in [5.41, 5.74) is 4.03. The highest BCUT2D eigenvalue weighted by Crippen LogP contribution is 2.52. The van der Waals surface area contributed by atoms with Gasteiger partial charge < -0.3 is 4.90 Å². The van der Waals surface area contributed by atoms with Crippen LogP contribution in [-0.2, 0) is 39.7 Å². The molecule has 1 fully saturated rings. The first-order chi connectivity index (χ1) is 20.8. The number of rotatable bonds is 11. The first-order valence-corrected chi connectivity index (χ1v) is 18.9. The van der Waals surface area contributed by atoms with Crippen molar-refractivity contribution in [3.8, 4) is 0 Å². The van der Waals surface area contributed by atoms with E-state index in [0.29, 0.717) is 29.7 Å². The Labute approximate surface area is 272 Å². The maximum atomic E-state index is 11.7. The van der Waals surface area contributed by atoms with Crippen LogP contribution in [0.15, 0.2) is 64.6 Å². The summed E-state index contributed by atoms with van der Waals surface area (Å²) < 4.78 is 69.4. The van der Waals surface area contributed by atoms with E-state index in [9.17, 15) is 25.9 Å². The molecule has 1 aromatic heterocycles. The Morgan fingerprint density at radius 3 is 2.57 bits per heavy atom. The summed E-state index contributed by atoms with van der Waals surface area (Å²) >= 11 is 14.4. The Morgan fingerprint density at radius 2 is 1.86 bits per heavy atom. The number of aryl methyl sites for hydroxylation is 2. The van der Waals surface area contributed by atoms with Gasteiger partial charge in [0.05, 0.1) is 45.2 Å². The Hall–Kier alpha value is -2.32. The number of fused-ring (bicyclic) bond motifs is 4. The molecule has 0 radical (unpaired) electrons. The summed E-state index contributed by atoms with van der Waals surface area (Å²) in [5, 5.41) is 0.769. The van der Waals surface area contributed by atoms with Gasteiger partial charge in [-0.1, -0.05) is 71.4 Å². The topological polar surface area (TPSA) is 121 Å². The van der Waals surface area contributed by atoms with Crippen LogP contribution in [-0.4, -0.2) is 53.0 Å². The Morgan fingerprint density at radius 1 is 1.14 bits per heavy atom. The third-order valence-corrected chi connectivity index (χ3v) is 12.0. The molecule has 0 spiro atoms. The van der Waals surface area contributed by atoms with Crippen LogP contribution in [0.3, 0.4) is 0 Å². The molecular weight excluding hydrogens is 665 g/mol. The van der Waals surface area contributed by atoms with Crippen molar-refractivity contribution in [2.45, 2.75) is 57.5 Å². The number of halogens is 2. The fourth-order valence-electron chi connectivity index (χ4n) is 5.75. The van der Waals surface area contributed by atoms with Crippen LogP contribution in [0, 0.1) is 0 Å². The molecule has 14 heteroatoms. The van der Waals surface area contributed by atoms with Gasteiger partial charge in [0.15, 0.2) is 11.0 Å². The van der Waals surface area contributed by atoms with Crippen LogP contribution in [0.1, 0.15) is 49.7 Å². The van der Waals surface area contributed by atoms with Gasteiger partial charge in [-0.25, -0.2) is 9.13 Å². The lowest BCUT2D eigenvalue weighted by molar-refractivity contribution is -0.674. The lowest BCUT2D eigenvalue weighted by Crippen LogP contribution is -2.38. The average molecular weight is 700 g/mol. The third kappa shape index (κ3) is 7.06. The van der Waals surface area contributed by atoms with E-state index in [1.807, 2.05) is 41.9 Å². The van der Waals surface area contributed by atoms with Gasteiger partial charge >= 0.3 is 0 Å². The van der Waals surface area contributed by atoms with Crippen molar-refractivity contribution in [2.24, 2.45) is 0 Å². The molecule has 3 aromatic rings. The molecule has 2 heterocycles. The molecule has 0 amide bonds. The highest BCUT2D eigenvalue weighted by molar-refractivity contribution is 8.07. The summed E-state index contributed by atoms with van der Waals surface area (Å²) in [6, 6.07) is 11.7. The largest absolute Gasteiger partial charge is 0.354 e. The van der Waals surface area contributed by atoms with Gasteiger partial charge in [-0.05, 0) is 43.9 Å². The number of hydrogen-bond acceptors (Lipinski definition) is 6. The molecule has 2 aliphatic rings. The molecular formula is C30H34Cl2N3O6S3+. The quantitative estimate of drug-likeness (QED) is 0.177. The molecule has 2 N–H and O–H groups in total. The molecule has 2 unspecified atom stereocenters. The highest BCUT2D eigenvalue weighted by atomic mass is 35.5. The number of allylic oxidation sites excluding steroid dienone is 3. The van der Waals surface area contributed by atoms with Crippen molar-refractivity contribution in [2.75, 3.05) is 12.3 Å². The molecule has 5 rings (SSSR count). The number of nitrogens with zero attached hydrogens (tertiary/aromatic N) is 3. The first-order valence-electron chi connectivity index (χ1n) is 14.2. The maximum Gasteiger partial charge on any atom is 0.282 e. The minimum Gasteiger partial charge on any atom is -0.354 e. The summed E-state index contributed by atoms with van der Waals surface area (Å²) in [4.78, 5) is 3.36. The minimum atomic E-state index is -4.20. The molecule has 1 aliphatic carbocycles. The summed E-state index contributed by atoms with van der Waals surface area (Å²) in [6.07, 6.45) is 9.34. The first kappa shape index (κ1) is 33.1. The van der Waals surface area contributed by atoms with Crippen molar-refractivity contribution in [1.82, 2.24) is 9.47 Å². The van der Waals surface area contributed by atoms with E-state index >= 15 is 0 Å². The van der Waals surface area contributed by atoms with Crippen molar-refractivity contribution in [1.29, 1.82) is 0 Å². The third-order valence-electron chi connectivity index (χ3n) is 7.98. The number of aromatic nitrogens is 2.